The van der Waals surface area contributed by atoms with Crippen LogP contribution in [-0.2, 0) is 12.8 Å². The standard InChI is InChI=1S/C16H16Br2/c17-11-9-13-5-1-3-7-15(13)16-8-4-2-6-14(16)10-12-18/h1-8H,9-12H2. The van der Waals surface area contributed by atoms with E-state index in [4.69, 9.17) is 0 Å². The minimum atomic E-state index is 1.00. The highest BCUT2D eigenvalue weighted by Crippen LogP contribution is 2.28. The number of halogens is 2. The molecule has 0 N–H and O–H groups in total. The van der Waals surface area contributed by atoms with Crippen LogP contribution in [0.2, 0.25) is 0 Å². The van der Waals surface area contributed by atoms with E-state index in [2.05, 4.69) is 80.4 Å². The van der Waals surface area contributed by atoms with Gasteiger partial charge in [-0.05, 0) is 35.1 Å². The zero-order valence-corrected chi connectivity index (χ0v) is 13.4. The van der Waals surface area contributed by atoms with Crippen LogP contribution in [0.15, 0.2) is 48.5 Å². The Labute approximate surface area is 126 Å². The second kappa shape index (κ2) is 7.10. The van der Waals surface area contributed by atoms with Gasteiger partial charge in [0.05, 0.1) is 0 Å². The molecule has 0 aliphatic carbocycles. The minimum absolute atomic E-state index is 1.00. The maximum absolute atomic E-state index is 3.53. The number of rotatable bonds is 5. The highest BCUT2D eigenvalue weighted by Gasteiger charge is 2.07. The number of aryl methyl sites for hydroxylation is 2. The predicted molar refractivity (Wildman–Crippen MR) is 86.9 cm³/mol. The molecule has 2 aromatic rings. The Morgan fingerprint density at radius 1 is 0.611 bits per heavy atom. The van der Waals surface area contributed by atoms with Gasteiger partial charge in [0.2, 0.25) is 0 Å². The maximum atomic E-state index is 3.53. The maximum Gasteiger partial charge on any atom is 0.00720 e. The van der Waals surface area contributed by atoms with Crippen LogP contribution >= 0.6 is 31.9 Å². The van der Waals surface area contributed by atoms with Crippen molar-refractivity contribution in [3.05, 3.63) is 59.7 Å². The Morgan fingerprint density at radius 3 is 1.39 bits per heavy atom. The molecule has 18 heavy (non-hydrogen) atoms. The molecule has 0 spiro atoms. The summed E-state index contributed by atoms with van der Waals surface area (Å²) in [6, 6.07) is 17.4. The molecule has 0 saturated heterocycles. The SMILES string of the molecule is BrCCc1ccccc1-c1ccccc1CCBr. The Hall–Kier alpha value is -0.600. The summed E-state index contributed by atoms with van der Waals surface area (Å²) in [6.07, 6.45) is 2.14. The number of hydrogen-bond acceptors (Lipinski definition) is 0. The molecule has 94 valence electrons. The van der Waals surface area contributed by atoms with Crippen molar-refractivity contribution in [3.63, 3.8) is 0 Å². The quantitative estimate of drug-likeness (QED) is 0.635. The number of hydrogen-bond donors (Lipinski definition) is 0. The van der Waals surface area contributed by atoms with E-state index in [-0.39, 0.29) is 0 Å². The largest absolute Gasteiger partial charge is 0.0924 e. The van der Waals surface area contributed by atoms with Crippen molar-refractivity contribution in [2.45, 2.75) is 12.8 Å². The first-order valence-electron chi connectivity index (χ1n) is 6.15. The average Bonchev–Trinajstić information content (AvgIpc) is 2.41. The molecule has 2 heteroatoms. The molecule has 0 saturated carbocycles. The van der Waals surface area contributed by atoms with Gasteiger partial charge in [0, 0.05) is 10.7 Å². The van der Waals surface area contributed by atoms with E-state index < -0.39 is 0 Å². The second-order valence-electron chi connectivity index (χ2n) is 4.19. The van der Waals surface area contributed by atoms with Gasteiger partial charge >= 0.3 is 0 Å². The van der Waals surface area contributed by atoms with Crippen LogP contribution in [0.5, 0.6) is 0 Å². The minimum Gasteiger partial charge on any atom is -0.0924 e. The third-order valence-electron chi connectivity index (χ3n) is 3.05. The second-order valence-corrected chi connectivity index (χ2v) is 5.78. The van der Waals surface area contributed by atoms with Crippen LogP contribution in [0.1, 0.15) is 11.1 Å². The highest BCUT2D eigenvalue weighted by atomic mass is 79.9. The summed E-state index contributed by atoms with van der Waals surface area (Å²) in [4.78, 5) is 0. The average molecular weight is 368 g/mol. The topological polar surface area (TPSA) is 0 Å². The molecule has 0 amide bonds. The van der Waals surface area contributed by atoms with Crippen molar-refractivity contribution in [1.29, 1.82) is 0 Å². The van der Waals surface area contributed by atoms with E-state index in [1.165, 1.54) is 22.3 Å². The summed E-state index contributed by atoms with van der Waals surface area (Å²) in [6.45, 7) is 0. The van der Waals surface area contributed by atoms with Crippen molar-refractivity contribution in [1.82, 2.24) is 0 Å². The van der Waals surface area contributed by atoms with Crippen LogP contribution in [-0.4, -0.2) is 10.7 Å². The molecule has 0 heterocycles. The Kier molecular flexibility index (Phi) is 5.45. The molecule has 0 radical (unpaired) electrons. The fourth-order valence-electron chi connectivity index (χ4n) is 2.21. The first kappa shape index (κ1) is 13.8. The lowest BCUT2D eigenvalue weighted by Crippen LogP contribution is -1.95. The van der Waals surface area contributed by atoms with Crippen LogP contribution < -0.4 is 0 Å². The molecular weight excluding hydrogens is 352 g/mol. The zero-order chi connectivity index (χ0) is 12.8. The van der Waals surface area contributed by atoms with Gasteiger partial charge in [-0.2, -0.15) is 0 Å². The summed E-state index contributed by atoms with van der Waals surface area (Å²) in [5, 5.41) is 2.01. The zero-order valence-electron chi connectivity index (χ0n) is 10.2. The molecule has 0 aliphatic heterocycles. The van der Waals surface area contributed by atoms with E-state index in [0.717, 1.165) is 23.5 Å². The van der Waals surface area contributed by atoms with Crippen LogP contribution in [0.25, 0.3) is 11.1 Å². The fourth-order valence-corrected chi connectivity index (χ4v) is 3.06. The molecule has 0 bridgehead atoms. The summed E-state index contributed by atoms with van der Waals surface area (Å²) in [5.41, 5.74) is 5.56. The van der Waals surface area contributed by atoms with Crippen LogP contribution in [0.4, 0.5) is 0 Å². The molecule has 0 fully saturated rings. The molecule has 0 unspecified atom stereocenters. The van der Waals surface area contributed by atoms with Gasteiger partial charge in [-0.25, -0.2) is 0 Å². The van der Waals surface area contributed by atoms with Crippen LogP contribution in [0.3, 0.4) is 0 Å². The van der Waals surface area contributed by atoms with E-state index in [0.29, 0.717) is 0 Å². The van der Waals surface area contributed by atoms with Gasteiger partial charge in [0.1, 0.15) is 0 Å². The van der Waals surface area contributed by atoms with E-state index in [1.54, 1.807) is 0 Å². The molecule has 0 nitrogen and oxygen atoms in total. The van der Waals surface area contributed by atoms with Crippen molar-refractivity contribution < 1.29 is 0 Å². The Morgan fingerprint density at radius 2 is 1.00 bits per heavy atom. The molecule has 0 aliphatic rings. The summed E-state index contributed by atoms with van der Waals surface area (Å²) in [7, 11) is 0. The van der Waals surface area contributed by atoms with E-state index >= 15 is 0 Å². The van der Waals surface area contributed by atoms with Gasteiger partial charge in [-0.1, -0.05) is 80.4 Å². The Balaban J connectivity index is 2.47. The van der Waals surface area contributed by atoms with Crippen molar-refractivity contribution in [3.8, 4) is 11.1 Å². The van der Waals surface area contributed by atoms with Crippen molar-refractivity contribution >= 4 is 31.9 Å². The van der Waals surface area contributed by atoms with Gasteiger partial charge in [0.25, 0.3) is 0 Å². The first-order valence-corrected chi connectivity index (χ1v) is 8.39. The molecule has 0 atom stereocenters. The molecular formula is C16H16Br2. The fraction of sp³-hybridized carbons (Fsp3) is 0.250. The lowest BCUT2D eigenvalue weighted by molar-refractivity contribution is 1.15. The third-order valence-corrected chi connectivity index (χ3v) is 3.85. The first-order chi connectivity index (χ1) is 8.86. The number of alkyl halides is 2. The van der Waals surface area contributed by atoms with Gasteiger partial charge in [-0.3, -0.25) is 0 Å². The smallest absolute Gasteiger partial charge is 0.00720 e. The van der Waals surface area contributed by atoms with E-state index in [1.807, 2.05) is 0 Å². The van der Waals surface area contributed by atoms with Gasteiger partial charge in [0.15, 0.2) is 0 Å². The van der Waals surface area contributed by atoms with Crippen molar-refractivity contribution in [2.75, 3.05) is 10.7 Å². The summed E-state index contributed by atoms with van der Waals surface area (Å²) < 4.78 is 0. The lowest BCUT2D eigenvalue weighted by Gasteiger charge is -2.12. The molecule has 2 rings (SSSR count). The predicted octanol–water partition coefficient (Wildman–Crippen LogP) is 5.23. The third kappa shape index (κ3) is 3.24. The summed E-state index contributed by atoms with van der Waals surface area (Å²) >= 11 is 7.07. The summed E-state index contributed by atoms with van der Waals surface area (Å²) in [5.74, 6) is 0. The van der Waals surface area contributed by atoms with Gasteiger partial charge in [-0.15, -0.1) is 0 Å². The number of benzene rings is 2. The molecule has 0 aromatic heterocycles. The van der Waals surface area contributed by atoms with E-state index in [9.17, 15) is 0 Å². The van der Waals surface area contributed by atoms with Crippen molar-refractivity contribution in [2.24, 2.45) is 0 Å². The highest BCUT2D eigenvalue weighted by molar-refractivity contribution is 9.09. The Bertz CT molecular complexity index is 458. The van der Waals surface area contributed by atoms with Crippen LogP contribution in [0, 0.1) is 0 Å². The van der Waals surface area contributed by atoms with Gasteiger partial charge < -0.3 is 0 Å². The monoisotopic (exact) mass is 366 g/mol. The lowest BCUT2D eigenvalue weighted by atomic mass is 9.93. The normalized spacial score (nSPS) is 10.6. The molecule has 2 aromatic carbocycles.